The Hall–Kier alpha value is -1.95. The smallest absolute Gasteiger partial charge is 0.225 e. The first-order valence-electron chi connectivity index (χ1n) is 6.61. The molecule has 1 saturated heterocycles. The highest BCUT2D eigenvalue weighted by atomic mass is 15.3. The second-order valence-electron chi connectivity index (χ2n) is 4.74. The van der Waals surface area contributed by atoms with Gasteiger partial charge in [0.2, 0.25) is 5.95 Å². The van der Waals surface area contributed by atoms with Gasteiger partial charge in [0.1, 0.15) is 0 Å². The minimum Gasteiger partial charge on any atom is -0.339 e. The Labute approximate surface area is 112 Å². The monoisotopic (exact) mass is 258 g/mol. The molecule has 3 rings (SSSR count). The van der Waals surface area contributed by atoms with Crippen molar-refractivity contribution in [2.75, 3.05) is 31.1 Å². The molecule has 6 nitrogen and oxygen atoms in total. The minimum absolute atomic E-state index is 0.810. The van der Waals surface area contributed by atoms with Gasteiger partial charge in [-0.05, 0) is 19.0 Å². The highest BCUT2D eigenvalue weighted by molar-refractivity contribution is 5.58. The number of rotatable bonds is 2. The van der Waals surface area contributed by atoms with E-state index in [9.17, 15) is 0 Å². The molecule has 0 unspecified atom stereocenters. The normalized spacial score (nSPS) is 16.4. The molecular weight excluding hydrogens is 240 g/mol. The van der Waals surface area contributed by atoms with Crippen molar-refractivity contribution in [3.05, 3.63) is 24.7 Å². The van der Waals surface area contributed by atoms with Crippen molar-refractivity contribution in [1.82, 2.24) is 25.1 Å². The lowest BCUT2D eigenvalue weighted by atomic mass is 10.2. The van der Waals surface area contributed by atoms with Gasteiger partial charge in [0.25, 0.3) is 0 Å². The first kappa shape index (κ1) is 12.1. The van der Waals surface area contributed by atoms with Crippen LogP contribution in [0.4, 0.5) is 5.95 Å². The number of aromatic nitrogens is 4. The van der Waals surface area contributed by atoms with Crippen LogP contribution in [0, 0.1) is 0 Å². The highest BCUT2D eigenvalue weighted by Gasteiger charge is 2.13. The largest absolute Gasteiger partial charge is 0.339 e. The van der Waals surface area contributed by atoms with Crippen molar-refractivity contribution in [1.29, 1.82) is 0 Å². The Balaban J connectivity index is 1.86. The highest BCUT2D eigenvalue weighted by Crippen LogP contribution is 2.18. The lowest BCUT2D eigenvalue weighted by molar-refractivity contribution is 0.724. The zero-order valence-corrected chi connectivity index (χ0v) is 11.1. The predicted octanol–water partition coefficient (Wildman–Crippen LogP) is 0.677. The van der Waals surface area contributed by atoms with Crippen molar-refractivity contribution in [2.24, 2.45) is 7.05 Å². The lowest BCUT2D eigenvalue weighted by Crippen LogP contribution is -2.29. The summed E-state index contributed by atoms with van der Waals surface area (Å²) in [7, 11) is 1.91. The first-order valence-corrected chi connectivity index (χ1v) is 6.61. The summed E-state index contributed by atoms with van der Waals surface area (Å²) in [6.45, 7) is 4.01. The van der Waals surface area contributed by atoms with Crippen LogP contribution in [-0.2, 0) is 7.05 Å². The van der Waals surface area contributed by atoms with E-state index >= 15 is 0 Å². The minimum atomic E-state index is 0.810. The summed E-state index contributed by atoms with van der Waals surface area (Å²) in [6, 6.07) is 1.93. The fraction of sp³-hybridized carbons (Fsp3) is 0.462. The van der Waals surface area contributed by atoms with Crippen LogP contribution in [0.1, 0.15) is 6.42 Å². The van der Waals surface area contributed by atoms with Crippen LogP contribution >= 0.6 is 0 Å². The topological polar surface area (TPSA) is 58.9 Å². The van der Waals surface area contributed by atoms with Crippen molar-refractivity contribution >= 4 is 5.95 Å². The average molecular weight is 258 g/mol. The van der Waals surface area contributed by atoms with Gasteiger partial charge in [-0.15, -0.1) is 0 Å². The van der Waals surface area contributed by atoms with Crippen LogP contribution < -0.4 is 10.2 Å². The third-order valence-corrected chi connectivity index (χ3v) is 3.27. The van der Waals surface area contributed by atoms with Crippen LogP contribution in [0.5, 0.6) is 0 Å². The number of nitrogens with zero attached hydrogens (tertiary/aromatic N) is 5. The second kappa shape index (κ2) is 5.36. The molecule has 0 aromatic carbocycles. The van der Waals surface area contributed by atoms with E-state index < -0.39 is 0 Å². The number of hydrogen-bond acceptors (Lipinski definition) is 5. The van der Waals surface area contributed by atoms with E-state index in [2.05, 4.69) is 25.3 Å². The molecule has 0 radical (unpaired) electrons. The standard InChI is InChI=1S/C13H18N6/c1-18-10-11(9-16-18)12-3-5-15-13(17-12)19-7-2-4-14-6-8-19/h3,5,9-10,14H,2,4,6-8H2,1H3. The Morgan fingerprint density at radius 2 is 2.21 bits per heavy atom. The molecule has 0 atom stereocenters. The van der Waals surface area contributed by atoms with Crippen molar-refractivity contribution < 1.29 is 0 Å². The molecule has 1 N–H and O–H groups in total. The average Bonchev–Trinajstić information content (AvgIpc) is 2.71. The van der Waals surface area contributed by atoms with Crippen LogP contribution in [0.2, 0.25) is 0 Å². The maximum absolute atomic E-state index is 4.66. The Kier molecular flexibility index (Phi) is 3.41. The van der Waals surface area contributed by atoms with E-state index in [0.29, 0.717) is 0 Å². The van der Waals surface area contributed by atoms with E-state index in [1.807, 2.05) is 31.7 Å². The number of anilines is 1. The molecule has 0 spiro atoms. The number of aryl methyl sites for hydroxylation is 1. The summed E-state index contributed by atoms with van der Waals surface area (Å²) in [4.78, 5) is 11.3. The van der Waals surface area contributed by atoms with Gasteiger partial charge < -0.3 is 10.2 Å². The summed E-state index contributed by atoms with van der Waals surface area (Å²) in [6.07, 6.45) is 6.75. The SMILES string of the molecule is Cn1cc(-c2ccnc(N3CCCNCC3)n2)cn1. The summed E-state index contributed by atoms with van der Waals surface area (Å²) in [5.41, 5.74) is 1.95. The van der Waals surface area contributed by atoms with Crippen LogP contribution in [0.25, 0.3) is 11.3 Å². The second-order valence-corrected chi connectivity index (χ2v) is 4.74. The van der Waals surface area contributed by atoms with Crippen LogP contribution in [0.15, 0.2) is 24.7 Å². The fourth-order valence-electron chi connectivity index (χ4n) is 2.26. The van der Waals surface area contributed by atoms with Gasteiger partial charge in [-0.3, -0.25) is 4.68 Å². The molecule has 1 aliphatic rings. The maximum Gasteiger partial charge on any atom is 0.225 e. The van der Waals surface area contributed by atoms with Crippen molar-refractivity contribution in [3.8, 4) is 11.3 Å². The molecule has 2 aromatic heterocycles. The Bertz CT molecular complexity index is 542. The van der Waals surface area contributed by atoms with E-state index in [0.717, 1.165) is 49.8 Å². The summed E-state index contributed by atoms with van der Waals surface area (Å²) in [5.74, 6) is 0.810. The van der Waals surface area contributed by atoms with Gasteiger partial charge in [-0.25, -0.2) is 9.97 Å². The van der Waals surface area contributed by atoms with E-state index in [-0.39, 0.29) is 0 Å². The van der Waals surface area contributed by atoms with E-state index in [1.165, 1.54) is 0 Å². The summed E-state index contributed by atoms with van der Waals surface area (Å²) >= 11 is 0. The third kappa shape index (κ3) is 2.73. The zero-order valence-electron chi connectivity index (χ0n) is 11.1. The fourth-order valence-corrected chi connectivity index (χ4v) is 2.26. The molecule has 100 valence electrons. The van der Waals surface area contributed by atoms with Crippen molar-refractivity contribution in [2.45, 2.75) is 6.42 Å². The molecule has 1 fully saturated rings. The molecule has 19 heavy (non-hydrogen) atoms. The first-order chi connectivity index (χ1) is 9.33. The van der Waals surface area contributed by atoms with Gasteiger partial charge in [0.05, 0.1) is 11.9 Å². The lowest BCUT2D eigenvalue weighted by Gasteiger charge is -2.19. The molecule has 3 heterocycles. The third-order valence-electron chi connectivity index (χ3n) is 3.27. The predicted molar refractivity (Wildman–Crippen MR) is 73.9 cm³/mol. The van der Waals surface area contributed by atoms with Crippen molar-refractivity contribution in [3.63, 3.8) is 0 Å². The van der Waals surface area contributed by atoms with Crippen LogP contribution in [-0.4, -0.2) is 45.9 Å². The van der Waals surface area contributed by atoms with Crippen LogP contribution in [0.3, 0.4) is 0 Å². The molecule has 0 bridgehead atoms. The molecular formula is C13H18N6. The van der Waals surface area contributed by atoms with Gasteiger partial charge >= 0.3 is 0 Å². The van der Waals surface area contributed by atoms with Gasteiger partial charge in [0.15, 0.2) is 0 Å². The maximum atomic E-state index is 4.66. The van der Waals surface area contributed by atoms with E-state index in [1.54, 1.807) is 4.68 Å². The molecule has 6 heteroatoms. The van der Waals surface area contributed by atoms with Gasteiger partial charge in [-0.2, -0.15) is 5.10 Å². The summed E-state index contributed by atoms with van der Waals surface area (Å²) < 4.78 is 1.78. The quantitative estimate of drug-likeness (QED) is 0.858. The molecule has 0 amide bonds. The van der Waals surface area contributed by atoms with E-state index in [4.69, 9.17) is 0 Å². The molecule has 2 aromatic rings. The summed E-state index contributed by atoms with van der Waals surface area (Å²) in [5, 5.41) is 7.57. The number of nitrogens with one attached hydrogen (secondary N) is 1. The van der Waals surface area contributed by atoms with Gasteiger partial charge in [-0.1, -0.05) is 0 Å². The number of hydrogen-bond donors (Lipinski definition) is 1. The molecule has 0 aliphatic carbocycles. The Morgan fingerprint density at radius 1 is 1.26 bits per heavy atom. The molecule has 1 aliphatic heterocycles. The molecule has 0 saturated carbocycles. The zero-order chi connectivity index (χ0) is 13.1. The van der Waals surface area contributed by atoms with Gasteiger partial charge in [0, 0.05) is 44.6 Å². The Morgan fingerprint density at radius 3 is 3.05 bits per heavy atom.